The molecule has 6 rings (SSSR count). The number of benzene rings is 3. The second-order valence-corrected chi connectivity index (χ2v) is 15.9. The Morgan fingerprint density at radius 1 is 0.816 bits per heavy atom. The first-order valence-corrected chi connectivity index (χ1v) is 17.6. The second kappa shape index (κ2) is 13.8. The Bertz CT molecular complexity index is 1750. The summed E-state index contributed by atoms with van der Waals surface area (Å²) in [4.78, 5) is 28.9. The minimum absolute atomic E-state index is 0.152. The highest BCUT2D eigenvalue weighted by molar-refractivity contribution is 5.99. The number of ether oxygens (including phenoxy) is 1. The van der Waals surface area contributed by atoms with Gasteiger partial charge in [-0.25, -0.2) is 9.48 Å². The Morgan fingerprint density at radius 3 is 2.02 bits per heavy atom. The third-order valence-electron chi connectivity index (χ3n) is 9.67. The van der Waals surface area contributed by atoms with Gasteiger partial charge in [-0.3, -0.25) is 10.1 Å². The zero-order valence-corrected chi connectivity index (χ0v) is 30.0. The highest BCUT2D eigenvalue weighted by Crippen LogP contribution is 2.41. The number of nitrogens with zero attached hydrogens (tertiary/aromatic N) is 3. The van der Waals surface area contributed by atoms with E-state index in [2.05, 4.69) is 48.4 Å². The van der Waals surface area contributed by atoms with Gasteiger partial charge < -0.3 is 15.0 Å². The molecule has 8 nitrogen and oxygen atoms in total. The van der Waals surface area contributed by atoms with Crippen LogP contribution < -0.4 is 10.6 Å². The average molecular weight is 662 g/mol. The molecular weight excluding hydrogens is 610 g/mol. The molecule has 3 heterocycles. The molecule has 2 atom stereocenters. The fraction of sp³-hybridized carbons (Fsp3) is 0.439. The van der Waals surface area contributed by atoms with Crippen LogP contribution in [-0.2, 0) is 23.2 Å². The number of aryl methyl sites for hydroxylation is 1. The van der Waals surface area contributed by atoms with Crippen molar-refractivity contribution in [3.8, 4) is 5.69 Å². The Hall–Kier alpha value is -4.43. The smallest absolute Gasteiger partial charge is 0.324 e. The highest BCUT2D eigenvalue weighted by atomic mass is 16.5. The maximum atomic E-state index is 13.6. The topological polar surface area (TPSA) is 88.5 Å². The molecule has 258 valence electrons. The van der Waals surface area contributed by atoms with Gasteiger partial charge in [0.15, 0.2) is 0 Å². The number of fused-ring (bicyclic) bond motifs is 2. The van der Waals surface area contributed by atoms with Crippen molar-refractivity contribution in [1.29, 1.82) is 0 Å². The van der Waals surface area contributed by atoms with E-state index in [1.165, 1.54) is 5.56 Å². The van der Waals surface area contributed by atoms with E-state index in [0.717, 1.165) is 65.9 Å². The molecular formula is C41H51N5O3. The lowest BCUT2D eigenvalue weighted by atomic mass is 9.85. The Labute approximate surface area is 291 Å². The third kappa shape index (κ3) is 8.42. The van der Waals surface area contributed by atoms with E-state index in [9.17, 15) is 9.59 Å². The van der Waals surface area contributed by atoms with Crippen LogP contribution in [-0.4, -0.2) is 44.3 Å². The highest BCUT2D eigenvalue weighted by Gasteiger charge is 2.43. The summed E-state index contributed by atoms with van der Waals surface area (Å²) in [5, 5.41) is 10.8. The summed E-state index contributed by atoms with van der Waals surface area (Å²) in [5.74, 6) is 1.30. The van der Waals surface area contributed by atoms with Crippen LogP contribution in [0.3, 0.4) is 0 Å². The molecule has 4 aromatic rings. The molecule has 2 bridgehead atoms. The first kappa shape index (κ1) is 34.4. The minimum atomic E-state index is -0.317. The van der Waals surface area contributed by atoms with Crippen LogP contribution in [0.1, 0.15) is 100.0 Å². The molecule has 0 saturated carbocycles. The number of carbonyl (C=O) groups is 2. The Morgan fingerprint density at radius 2 is 1.43 bits per heavy atom. The zero-order chi connectivity index (χ0) is 34.9. The normalized spacial score (nSPS) is 19.2. The van der Waals surface area contributed by atoms with Crippen molar-refractivity contribution >= 4 is 23.4 Å². The number of rotatable bonds is 8. The van der Waals surface area contributed by atoms with Crippen LogP contribution in [0.2, 0.25) is 0 Å². The lowest BCUT2D eigenvalue weighted by molar-refractivity contribution is -0.0149. The molecule has 2 N–H and O–H groups in total. The van der Waals surface area contributed by atoms with Crippen molar-refractivity contribution in [2.45, 2.75) is 110 Å². The molecule has 2 aliphatic heterocycles. The predicted molar refractivity (Wildman–Crippen MR) is 196 cm³/mol. The van der Waals surface area contributed by atoms with Gasteiger partial charge in [-0.05, 0) is 113 Å². The van der Waals surface area contributed by atoms with Crippen LogP contribution >= 0.6 is 0 Å². The summed E-state index contributed by atoms with van der Waals surface area (Å²) >= 11 is 0. The van der Waals surface area contributed by atoms with Gasteiger partial charge in [0.05, 0.1) is 23.6 Å². The van der Waals surface area contributed by atoms with E-state index in [4.69, 9.17) is 9.84 Å². The van der Waals surface area contributed by atoms with Gasteiger partial charge in [0, 0.05) is 34.8 Å². The van der Waals surface area contributed by atoms with Gasteiger partial charge in [-0.1, -0.05) is 62.7 Å². The predicted octanol–water partition coefficient (Wildman–Crippen LogP) is 9.06. The van der Waals surface area contributed by atoms with Gasteiger partial charge in [0.1, 0.15) is 5.82 Å². The number of amides is 3. The number of carbonyl (C=O) groups excluding carboxylic acids is 2. The van der Waals surface area contributed by atoms with E-state index in [-0.39, 0.29) is 35.0 Å². The minimum Gasteiger partial charge on any atom is -0.371 e. The molecule has 2 unspecified atom stereocenters. The van der Waals surface area contributed by atoms with Crippen LogP contribution in [0.15, 0.2) is 78.9 Å². The summed E-state index contributed by atoms with van der Waals surface area (Å²) in [6.45, 7) is 15.1. The van der Waals surface area contributed by atoms with Crippen LogP contribution in [0.4, 0.5) is 16.3 Å². The fourth-order valence-electron chi connectivity index (χ4n) is 7.04. The van der Waals surface area contributed by atoms with E-state index in [1.54, 1.807) is 4.68 Å². The standard InChI is InChI=1S/C41H51N5O3/c1-27-8-18-33(19-9-27)46-37(25-36(44-46)40(2,3)4)43-39(48)42-32-16-12-28(13-17-32)22-30-23-34-20-21-35(24-30)45(34)38(47)31-14-10-29(11-15-31)26-49-41(5,6)7/h8-19,25,30,34-35H,20-24,26H2,1-7H3,(H2,42,43,48). The molecule has 0 radical (unpaired) electrons. The molecule has 0 spiro atoms. The van der Waals surface area contributed by atoms with E-state index in [1.807, 2.05) is 94.4 Å². The number of hydrogen-bond acceptors (Lipinski definition) is 4. The second-order valence-electron chi connectivity index (χ2n) is 15.9. The Balaban J connectivity index is 1.03. The quantitative estimate of drug-likeness (QED) is 0.197. The molecule has 3 aromatic carbocycles. The fourth-order valence-corrected chi connectivity index (χ4v) is 7.04. The number of nitrogens with one attached hydrogen (secondary N) is 2. The van der Waals surface area contributed by atoms with Crippen molar-refractivity contribution in [3.63, 3.8) is 0 Å². The number of urea groups is 1. The van der Waals surface area contributed by atoms with Gasteiger partial charge in [-0.2, -0.15) is 5.10 Å². The maximum absolute atomic E-state index is 13.6. The molecule has 0 aliphatic carbocycles. The molecule has 2 fully saturated rings. The number of aromatic nitrogens is 2. The van der Waals surface area contributed by atoms with Crippen molar-refractivity contribution in [2.75, 3.05) is 10.6 Å². The lowest BCUT2D eigenvalue weighted by Gasteiger charge is -2.39. The summed E-state index contributed by atoms with van der Waals surface area (Å²) < 4.78 is 7.68. The monoisotopic (exact) mass is 661 g/mol. The lowest BCUT2D eigenvalue weighted by Crippen LogP contribution is -2.46. The summed E-state index contributed by atoms with van der Waals surface area (Å²) in [5.41, 5.74) is 6.40. The van der Waals surface area contributed by atoms with Crippen LogP contribution in [0.5, 0.6) is 0 Å². The molecule has 3 amide bonds. The molecule has 1 aromatic heterocycles. The van der Waals surface area contributed by atoms with Crippen LogP contribution in [0, 0.1) is 12.8 Å². The van der Waals surface area contributed by atoms with Crippen molar-refractivity contribution in [2.24, 2.45) is 5.92 Å². The third-order valence-corrected chi connectivity index (χ3v) is 9.67. The first-order chi connectivity index (χ1) is 23.2. The van der Waals surface area contributed by atoms with Gasteiger partial charge in [0.2, 0.25) is 0 Å². The van der Waals surface area contributed by atoms with E-state index in [0.29, 0.717) is 18.3 Å². The number of anilines is 2. The first-order valence-electron chi connectivity index (χ1n) is 17.6. The number of hydrogen-bond donors (Lipinski definition) is 2. The van der Waals surface area contributed by atoms with Crippen molar-refractivity contribution < 1.29 is 14.3 Å². The van der Waals surface area contributed by atoms with E-state index >= 15 is 0 Å². The molecule has 2 saturated heterocycles. The molecule has 49 heavy (non-hydrogen) atoms. The van der Waals surface area contributed by atoms with Gasteiger partial charge in [-0.15, -0.1) is 0 Å². The molecule has 8 heteroatoms. The largest absolute Gasteiger partial charge is 0.371 e. The summed E-state index contributed by atoms with van der Waals surface area (Å²) in [6, 6.07) is 26.4. The average Bonchev–Trinajstić information content (AvgIpc) is 3.59. The van der Waals surface area contributed by atoms with Crippen LogP contribution in [0.25, 0.3) is 5.69 Å². The number of piperidine rings is 1. The Kier molecular flexibility index (Phi) is 9.72. The maximum Gasteiger partial charge on any atom is 0.324 e. The summed E-state index contributed by atoms with van der Waals surface area (Å²) in [7, 11) is 0. The SMILES string of the molecule is Cc1ccc(-n2nc(C(C)(C)C)cc2NC(=O)Nc2ccc(CC3CC4CCC(C3)N4C(=O)c3ccc(COC(C)(C)C)cc3)cc2)cc1. The van der Waals surface area contributed by atoms with E-state index < -0.39 is 0 Å². The van der Waals surface area contributed by atoms with Gasteiger partial charge >= 0.3 is 6.03 Å². The van der Waals surface area contributed by atoms with Crippen molar-refractivity contribution in [3.05, 3.63) is 107 Å². The zero-order valence-electron chi connectivity index (χ0n) is 30.0. The summed E-state index contributed by atoms with van der Waals surface area (Å²) in [6.07, 6.45) is 5.15. The van der Waals surface area contributed by atoms with Crippen molar-refractivity contribution in [1.82, 2.24) is 14.7 Å². The molecule has 2 aliphatic rings. The van der Waals surface area contributed by atoms with Gasteiger partial charge in [0.25, 0.3) is 5.91 Å².